The fraction of sp³-hybridized carbons (Fsp3) is 0.500. The Hall–Kier alpha value is -2.12. The largest absolute Gasteiger partial charge is 0.486 e. The number of anilines is 1. The molecule has 3 heterocycles. The molecule has 0 saturated carbocycles. The van der Waals surface area contributed by atoms with Crippen molar-refractivity contribution in [3.63, 3.8) is 0 Å². The van der Waals surface area contributed by atoms with Crippen molar-refractivity contribution in [3.05, 3.63) is 34.3 Å². The van der Waals surface area contributed by atoms with E-state index in [-0.39, 0.29) is 11.9 Å². The molecule has 1 aromatic carbocycles. The number of fused-ring (bicyclic) bond motifs is 1. The first-order valence-corrected chi connectivity index (χ1v) is 10.3. The number of piperidine rings is 1. The fourth-order valence-electron chi connectivity index (χ4n) is 3.63. The zero-order valence-corrected chi connectivity index (χ0v) is 16.6. The molecule has 0 bridgehead atoms. The molecule has 1 unspecified atom stereocenters. The number of hydrogen-bond donors (Lipinski definition) is 1. The van der Waals surface area contributed by atoms with Crippen LogP contribution in [0.25, 0.3) is 0 Å². The van der Waals surface area contributed by atoms with Crippen molar-refractivity contribution in [1.82, 2.24) is 9.88 Å². The van der Waals surface area contributed by atoms with Gasteiger partial charge >= 0.3 is 0 Å². The lowest BCUT2D eigenvalue weighted by atomic mass is 9.96. The van der Waals surface area contributed by atoms with E-state index in [1.54, 1.807) is 11.3 Å². The Labute approximate surface area is 163 Å². The minimum absolute atomic E-state index is 0.00946. The number of thiazole rings is 1. The molecule has 144 valence electrons. The number of carbonyl (C=O) groups is 1. The van der Waals surface area contributed by atoms with Gasteiger partial charge in [0.2, 0.25) is 5.91 Å². The quantitative estimate of drug-likeness (QED) is 0.871. The van der Waals surface area contributed by atoms with Gasteiger partial charge in [0.25, 0.3) is 0 Å². The van der Waals surface area contributed by atoms with Gasteiger partial charge in [0, 0.05) is 28.7 Å². The summed E-state index contributed by atoms with van der Waals surface area (Å²) >= 11 is 1.75. The maximum atomic E-state index is 12.7. The molecular weight excluding hydrogens is 362 g/mol. The van der Waals surface area contributed by atoms with Crippen LogP contribution in [-0.4, -0.2) is 48.1 Å². The van der Waals surface area contributed by atoms with E-state index in [1.807, 2.05) is 32.0 Å². The molecule has 2 aliphatic heterocycles. The summed E-state index contributed by atoms with van der Waals surface area (Å²) in [4.78, 5) is 19.6. The highest BCUT2D eigenvalue weighted by Gasteiger charge is 2.28. The van der Waals surface area contributed by atoms with Crippen molar-refractivity contribution < 1.29 is 14.3 Å². The van der Waals surface area contributed by atoms with Crippen LogP contribution >= 0.6 is 11.3 Å². The van der Waals surface area contributed by atoms with E-state index < -0.39 is 0 Å². The average Bonchev–Trinajstić information content (AvgIpc) is 3.14. The Morgan fingerprint density at radius 1 is 1.26 bits per heavy atom. The fourth-order valence-corrected chi connectivity index (χ4v) is 4.60. The van der Waals surface area contributed by atoms with Gasteiger partial charge in [-0.2, -0.15) is 0 Å². The molecule has 2 aliphatic rings. The normalized spacial score (nSPS) is 18.9. The number of nitrogens with zero attached hydrogens (tertiary/aromatic N) is 2. The van der Waals surface area contributed by atoms with Gasteiger partial charge in [0.1, 0.15) is 13.2 Å². The summed E-state index contributed by atoms with van der Waals surface area (Å²) in [6.07, 6.45) is 2.10. The molecule has 1 fully saturated rings. The van der Waals surface area contributed by atoms with E-state index in [1.165, 1.54) is 5.01 Å². The summed E-state index contributed by atoms with van der Waals surface area (Å²) < 4.78 is 11.1. The standard InChI is InChI=1S/C20H25N3O3S/c1-13-12-27-20(21-13)15-5-7-23(8-6-15)14(2)19(24)22-16-3-4-17-18(11-16)26-10-9-25-17/h3-4,11-12,14-15H,5-10H2,1-2H3,(H,22,24). The zero-order chi connectivity index (χ0) is 18.8. The number of rotatable bonds is 4. The van der Waals surface area contributed by atoms with E-state index in [4.69, 9.17) is 9.47 Å². The number of amides is 1. The van der Waals surface area contributed by atoms with Gasteiger partial charge in [-0.1, -0.05) is 0 Å². The highest BCUT2D eigenvalue weighted by atomic mass is 32.1. The van der Waals surface area contributed by atoms with Crippen molar-refractivity contribution >= 4 is 22.9 Å². The van der Waals surface area contributed by atoms with Crippen LogP contribution in [0.4, 0.5) is 5.69 Å². The van der Waals surface area contributed by atoms with Crippen LogP contribution in [0.15, 0.2) is 23.6 Å². The Morgan fingerprint density at radius 3 is 2.70 bits per heavy atom. The topological polar surface area (TPSA) is 63.7 Å². The molecular formula is C20H25N3O3S. The number of aryl methyl sites for hydroxylation is 1. The van der Waals surface area contributed by atoms with E-state index in [9.17, 15) is 4.79 Å². The summed E-state index contributed by atoms with van der Waals surface area (Å²) in [5, 5.41) is 6.36. The van der Waals surface area contributed by atoms with Gasteiger partial charge < -0.3 is 14.8 Å². The van der Waals surface area contributed by atoms with Crippen LogP contribution < -0.4 is 14.8 Å². The summed E-state index contributed by atoms with van der Waals surface area (Å²) in [5.74, 6) is 1.95. The molecule has 6 nitrogen and oxygen atoms in total. The number of nitrogens with one attached hydrogen (secondary N) is 1. The molecule has 0 spiro atoms. The second-order valence-corrected chi connectivity index (χ2v) is 8.05. The minimum Gasteiger partial charge on any atom is -0.486 e. The monoisotopic (exact) mass is 387 g/mol. The summed E-state index contributed by atoms with van der Waals surface area (Å²) in [6.45, 7) is 6.94. The molecule has 1 atom stereocenters. The Balaban J connectivity index is 1.33. The molecule has 1 N–H and O–H groups in total. The first-order valence-electron chi connectivity index (χ1n) is 9.47. The van der Waals surface area contributed by atoms with Crippen LogP contribution in [0.5, 0.6) is 11.5 Å². The van der Waals surface area contributed by atoms with E-state index in [0.29, 0.717) is 24.9 Å². The van der Waals surface area contributed by atoms with Crippen LogP contribution in [0.2, 0.25) is 0 Å². The number of carbonyl (C=O) groups excluding carboxylic acids is 1. The van der Waals surface area contributed by atoms with Gasteiger partial charge in [0.05, 0.1) is 11.0 Å². The maximum Gasteiger partial charge on any atom is 0.241 e. The van der Waals surface area contributed by atoms with Crippen molar-refractivity contribution in [3.8, 4) is 11.5 Å². The van der Waals surface area contributed by atoms with E-state index >= 15 is 0 Å². The summed E-state index contributed by atoms with van der Waals surface area (Å²) in [6, 6.07) is 5.36. The third-order valence-corrected chi connectivity index (χ3v) is 6.38. The molecule has 1 saturated heterocycles. The number of hydrogen-bond acceptors (Lipinski definition) is 6. The second kappa shape index (κ2) is 7.86. The molecule has 2 aromatic rings. The summed E-state index contributed by atoms with van der Waals surface area (Å²) in [7, 11) is 0. The Bertz CT molecular complexity index is 815. The predicted octanol–water partition coefficient (Wildman–Crippen LogP) is 3.43. The molecule has 27 heavy (non-hydrogen) atoms. The average molecular weight is 388 g/mol. The van der Waals surface area contributed by atoms with Crippen molar-refractivity contribution in [1.29, 1.82) is 0 Å². The van der Waals surface area contributed by atoms with Crippen molar-refractivity contribution in [2.45, 2.75) is 38.6 Å². The molecule has 1 aromatic heterocycles. The molecule has 1 amide bonds. The lowest BCUT2D eigenvalue weighted by molar-refractivity contribution is -0.121. The third kappa shape index (κ3) is 4.09. The maximum absolute atomic E-state index is 12.7. The number of benzene rings is 1. The van der Waals surface area contributed by atoms with Gasteiger partial charge in [-0.3, -0.25) is 9.69 Å². The Morgan fingerprint density at radius 2 is 2.00 bits per heavy atom. The smallest absolute Gasteiger partial charge is 0.241 e. The van der Waals surface area contributed by atoms with Crippen LogP contribution in [0.1, 0.15) is 36.4 Å². The lowest BCUT2D eigenvalue weighted by Crippen LogP contribution is -2.45. The zero-order valence-electron chi connectivity index (χ0n) is 15.7. The van der Waals surface area contributed by atoms with Gasteiger partial charge in [-0.25, -0.2) is 4.98 Å². The van der Waals surface area contributed by atoms with E-state index in [0.717, 1.165) is 43.1 Å². The van der Waals surface area contributed by atoms with E-state index in [2.05, 4.69) is 20.6 Å². The number of aromatic nitrogens is 1. The first-order chi connectivity index (χ1) is 13.1. The minimum atomic E-state index is -0.169. The second-order valence-electron chi connectivity index (χ2n) is 7.16. The van der Waals surface area contributed by atoms with Gasteiger partial charge in [0.15, 0.2) is 11.5 Å². The highest BCUT2D eigenvalue weighted by Crippen LogP contribution is 2.33. The SMILES string of the molecule is Cc1csc(C2CCN(C(C)C(=O)Nc3ccc4c(c3)OCCO4)CC2)n1. The van der Waals surface area contributed by atoms with Crippen LogP contribution in [-0.2, 0) is 4.79 Å². The lowest BCUT2D eigenvalue weighted by Gasteiger charge is -2.34. The van der Waals surface area contributed by atoms with Crippen molar-refractivity contribution in [2.75, 3.05) is 31.6 Å². The van der Waals surface area contributed by atoms with Crippen molar-refractivity contribution in [2.24, 2.45) is 0 Å². The van der Waals surface area contributed by atoms with Crippen LogP contribution in [0, 0.1) is 6.92 Å². The number of likely N-dealkylation sites (tertiary alicyclic amines) is 1. The highest BCUT2D eigenvalue weighted by molar-refractivity contribution is 7.09. The Kier molecular flexibility index (Phi) is 5.31. The molecule has 4 rings (SSSR count). The van der Waals surface area contributed by atoms with Gasteiger partial charge in [-0.15, -0.1) is 11.3 Å². The third-order valence-electron chi connectivity index (χ3n) is 5.25. The number of ether oxygens (including phenoxy) is 2. The first kappa shape index (κ1) is 18.3. The summed E-state index contributed by atoms with van der Waals surface area (Å²) in [5.41, 5.74) is 1.84. The molecule has 7 heteroatoms. The predicted molar refractivity (Wildman–Crippen MR) is 106 cm³/mol. The van der Waals surface area contributed by atoms with Gasteiger partial charge in [-0.05, 0) is 51.9 Å². The molecule has 0 radical (unpaired) electrons. The molecule has 0 aliphatic carbocycles. The van der Waals surface area contributed by atoms with Crippen LogP contribution in [0.3, 0.4) is 0 Å².